The number of esters is 4. The van der Waals surface area contributed by atoms with E-state index in [1.807, 2.05) is 30.3 Å². The number of aryl methyl sites for hydroxylation is 1. The van der Waals surface area contributed by atoms with Gasteiger partial charge in [-0.2, -0.15) is 0 Å². The monoisotopic (exact) mass is 361 g/mol. The molecule has 1 aromatic carbocycles. The molecule has 1 aromatic rings. The fourth-order valence-electron chi connectivity index (χ4n) is 3.82. The molecule has 3 atom stereocenters. The lowest BCUT2D eigenvalue weighted by molar-refractivity contribution is -0.170. The Morgan fingerprint density at radius 1 is 1.08 bits per heavy atom. The summed E-state index contributed by atoms with van der Waals surface area (Å²) in [4.78, 5) is 49.3. The second-order valence-electron chi connectivity index (χ2n) is 6.31. The van der Waals surface area contributed by atoms with Gasteiger partial charge < -0.3 is 14.2 Å². The van der Waals surface area contributed by atoms with Crippen molar-refractivity contribution in [3.8, 4) is 0 Å². The number of hydrogen-bond donors (Lipinski definition) is 1. The zero-order valence-electron chi connectivity index (χ0n) is 14.4. The maximum Gasteiger partial charge on any atom is 0.338 e. The first-order chi connectivity index (χ1) is 12.5. The Balaban J connectivity index is 1.94. The van der Waals surface area contributed by atoms with Gasteiger partial charge in [-0.1, -0.05) is 30.3 Å². The van der Waals surface area contributed by atoms with E-state index in [1.165, 1.54) is 0 Å². The molecule has 26 heavy (non-hydrogen) atoms. The van der Waals surface area contributed by atoms with E-state index in [0.29, 0.717) is 12.8 Å². The molecule has 3 rings (SSSR count). The minimum atomic E-state index is -2.08. The van der Waals surface area contributed by atoms with Crippen molar-refractivity contribution in [2.45, 2.75) is 24.4 Å². The molecule has 2 saturated heterocycles. The average Bonchev–Trinajstić information content (AvgIpc) is 3.16. The molecule has 8 heteroatoms. The van der Waals surface area contributed by atoms with E-state index in [9.17, 15) is 19.2 Å². The highest BCUT2D eigenvalue weighted by Gasteiger charge is 2.72. The van der Waals surface area contributed by atoms with Gasteiger partial charge in [0.1, 0.15) is 5.92 Å². The molecule has 0 aliphatic carbocycles. The average molecular weight is 361 g/mol. The molecule has 1 N–H and O–H groups in total. The largest absolute Gasteiger partial charge is 0.467 e. The van der Waals surface area contributed by atoms with Crippen LogP contribution in [0.4, 0.5) is 0 Å². The van der Waals surface area contributed by atoms with E-state index in [-0.39, 0.29) is 0 Å². The van der Waals surface area contributed by atoms with Crippen LogP contribution < -0.4 is 5.32 Å². The van der Waals surface area contributed by atoms with Crippen LogP contribution in [-0.2, 0) is 39.8 Å². The molecule has 138 valence electrons. The van der Waals surface area contributed by atoms with E-state index < -0.39 is 47.3 Å². The summed E-state index contributed by atoms with van der Waals surface area (Å²) in [6.07, 6.45) is 1.00. The van der Waals surface area contributed by atoms with Crippen molar-refractivity contribution >= 4 is 23.9 Å². The van der Waals surface area contributed by atoms with Gasteiger partial charge in [0.2, 0.25) is 5.54 Å². The summed E-state index contributed by atoms with van der Waals surface area (Å²) in [6, 6.07) is 8.91. The lowest BCUT2D eigenvalue weighted by Crippen LogP contribution is -2.62. The third kappa shape index (κ3) is 2.66. The van der Waals surface area contributed by atoms with Gasteiger partial charge in [0.05, 0.1) is 20.1 Å². The first-order valence-corrected chi connectivity index (χ1v) is 8.19. The Hall–Kier alpha value is -2.74. The standard InChI is InChI=1S/C18H19NO7/c1-24-16(22)18(17(23)25-2)13-12(14(20)26-15(13)21)11(19-18)9-8-10-6-4-3-5-7-10/h3-7,11-13,19H,8-9H2,1-2H3/t11-,12+,13-/m1/s1. The van der Waals surface area contributed by atoms with E-state index in [2.05, 4.69) is 5.32 Å². The Kier molecular flexibility index (Phi) is 4.78. The highest BCUT2D eigenvalue weighted by Crippen LogP contribution is 2.44. The summed E-state index contributed by atoms with van der Waals surface area (Å²) < 4.78 is 14.2. The molecular weight excluding hydrogens is 342 g/mol. The molecule has 0 saturated carbocycles. The number of carbonyl (C=O) groups excluding carboxylic acids is 4. The summed E-state index contributed by atoms with van der Waals surface area (Å²) in [7, 11) is 2.20. The van der Waals surface area contributed by atoms with E-state index in [0.717, 1.165) is 19.8 Å². The molecule has 0 radical (unpaired) electrons. The molecule has 0 bridgehead atoms. The third-order valence-corrected chi connectivity index (χ3v) is 5.00. The zero-order valence-corrected chi connectivity index (χ0v) is 14.4. The van der Waals surface area contributed by atoms with E-state index in [1.54, 1.807) is 0 Å². The number of hydrogen-bond acceptors (Lipinski definition) is 8. The van der Waals surface area contributed by atoms with Gasteiger partial charge in [0.25, 0.3) is 0 Å². The van der Waals surface area contributed by atoms with Gasteiger partial charge in [-0.15, -0.1) is 0 Å². The van der Waals surface area contributed by atoms with Gasteiger partial charge in [0, 0.05) is 6.04 Å². The SMILES string of the molecule is COC(=O)C1(C(=O)OC)N[C@H](CCc2ccccc2)[C@@H]2C(=O)OC(=O)[C@@H]21. The lowest BCUT2D eigenvalue weighted by atomic mass is 9.79. The van der Waals surface area contributed by atoms with Crippen LogP contribution in [-0.4, -0.2) is 49.7 Å². The summed E-state index contributed by atoms with van der Waals surface area (Å²) in [5.74, 6) is -5.90. The van der Waals surface area contributed by atoms with Crippen LogP contribution >= 0.6 is 0 Å². The molecule has 2 aliphatic heterocycles. The Morgan fingerprint density at radius 2 is 1.69 bits per heavy atom. The fourth-order valence-corrected chi connectivity index (χ4v) is 3.82. The van der Waals surface area contributed by atoms with Crippen LogP contribution in [0.5, 0.6) is 0 Å². The summed E-state index contributed by atoms with van der Waals surface area (Å²) in [6.45, 7) is 0. The number of cyclic esters (lactones) is 2. The summed E-state index contributed by atoms with van der Waals surface area (Å²) >= 11 is 0. The predicted molar refractivity (Wildman–Crippen MR) is 86.5 cm³/mol. The normalized spacial score (nSPS) is 26.2. The molecule has 2 aliphatic rings. The third-order valence-electron chi connectivity index (χ3n) is 5.00. The van der Waals surface area contributed by atoms with Crippen molar-refractivity contribution in [1.29, 1.82) is 0 Å². The van der Waals surface area contributed by atoms with E-state index in [4.69, 9.17) is 14.2 Å². The molecule has 2 fully saturated rings. The Morgan fingerprint density at radius 3 is 2.27 bits per heavy atom. The van der Waals surface area contributed by atoms with Crippen LogP contribution in [0.2, 0.25) is 0 Å². The van der Waals surface area contributed by atoms with Gasteiger partial charge in [-0.05, 0) is 18.4 Å². The summed E-state index contributed by atoms with van der Waals surface area (Å²) in [5, 5.41) is 2.87. The van der Waals surface area contributed by atoms with Gasteiger partial charge in [-0.25, -0.2) is 9.59 Å². The Labute approximate surface area is 149 Å². The topological polar surface area (TPSA) is 108 Å². The van der Waals surface area contributed by atoms with Gasteiger partial charge in [0.15, 0.2) is 0 Å². The molecule has 8 nitrogen and oxygen atoms in total. The quantitative estimate of drug-likeness (QED) is 0.443. The highest BCUT2D eigenvalue weighted by molar-refractivity contribution is 6.13. The van der Waals surface area contributed by atoms with Crippen molar-refractivity contribution in [2.75, 3.05) is 14.2 Å². The van der Waals surface area contributed by atoms with Crippen molar-refractivity contribution < 1.29 is 33.4 Å². The molecular formula is C18H19NO7. The number of rotatable bonds is 5. The molecule has 0 amide bonds. The number of nitrogens with one attached hydrogen (secondary N) is 1. The second kappa shape index (κ2) is 6.87. The predicted octanol–water partition coefficient (Wildman–Crippen LogP) is -0.00840. The van der Waals surface area contributed by atoms with Crippen molar-refractivity contribution in [2.24, 2.45) is 11.8 Å². The number of fused-ring (bicyclic) bond motifs is 1. The maximum atomic E-state index is 12.4. The van der Waals surface area contributed by atoms with Crippen molar-refractivity contribution in [1.82, 2.24) is 5.32 Å². The zero-order chi connectivity index (χ0) is 18.9. The Bertz CT molecular complexity index is 729. The van der Waals surface area contributed by atoms with Crippen LogP contribution in [0.1, 0.15) is 12.0 Å². The molecule has 0 unspecified atom stereocenters. The fraction of sp³-hybridized carbons (Fsp3) is 0.444. The van der Waals surface area contributed by atoms with Crippen LogP contribution in [0.15, 0.2) is 30.3 Å². The van der Waals surface area contributed by atoms with Crippen LogP contribution in [0, 0.1) is 11.8 Å². The highest BCUT2D eigenvalue weighted by atomic mass is 16.6. The second-order valence-corrected chi connectivity index (χ2v) is 6.31. The van der Waals surface area contributed by atoms with Crippen LogP contribution in [0.3, 0.4) is 0 Å². The van der Waals surface area contributed by atoms with Crippen molar-refractivity contribution in [3.05, 3.63) is 35.9 Å². The molecule has 0 spiro atoms. The summed E-state index contributed by atoms with van der Waals surface area (Å²) in [5.41, 5.74) is -1.06. The first-order valence-electron chi connectivity index (χ1n) is 8.19. The maximum absolute atomic E-state index is 12.4. The van der Waals surface area contributed by atoms with Gasteiger partial charge >= 0.3 is 23.9 Å². The smallest absolute Gasteiger partial charge is 0.338 e. The van der Waals surface area contributed by atoms with Crippen molar-refractivity contribution in [3.63, 3.8) is 0 Å². The number of ether oxygens (including phenoxy) is 3. The number of benzene rings is 1. The number of carbonyl (C=O) groups is 4. The van der Waals surface area contributed by atoms with E-state index >= 15 is 0 Å². The molecule has 0 aromatic heterocycles. The van der Waals surface area contributed by atoms with Crippen LogP contribution in [0.25, 0.3) is 0 Å². The first kappa shape index (κ1) is 18.1. The number of methoxy groups -OCH3 is 2. The lowest BCUT2D eigenvalue weighted by Gasteiger charge is -2.27. The van der Waals surface area contributed by atoms with Gasteiger partial charge in [-0.3, -0.25) is 14.9 Å². The minimum Gasteiger partial charge on any atom is -0.467 e. The minimum absolute atomic E-state index is 0.420. The molecule has 2 heterocycles.